The van der Waals surface area contributed by atoms with Gasteiger partial charge in [-0.2, -0.15) is 0 Å². The second kappa shape index (κ2) is 9.38. The van der Waals surface area contributed by atoms with Crippen LogP contribution >= 0.6 is 15.9 Å². The summed E-state index contributed by atoms with van der Waals surface area (Å²) in [5.41, 5.74) is 3.90. The lowest BCUT2D eigenvalue weighted by Crippen LogP contribution is -2.33. The third-order valence-electron chi connectivity index (χ3n) is 3.70. The van der Waals surface area contributed by atoms with Crippen LogP contribution < -0.4 is 15.4 Å². The van der Waals surface area contributed by atoms with E-state index in [1.807, 2.05) is 51.1 Å². The molecule has 0 bridgehead atoms. The number of aryl methyl sites for hydroxylation is 3. The van der Waals surface area contributed by atoms with Crippen molar-refractivity contribution in [3.63, 3.8) is 0 Å². The number of carbonyl (C=O) groups is 2. The van der Waals surface area contributed by atoms with Gasteiger partial charge in [0.1, 0.15) is 5.75 Å². The van der Waals surface area contributed by atoms with Crippen LogP contribution in [0.25, 0.3) is 0 Å². The van der Waals surface area contributed by atoms with Gasteiger partial charge in [0.05, 0.1) is 19.6 Å². The minimum atomic E-state index is -0.265. The Hall–Kier alpha value is -2.34. The molecule has 5 nitrogen and oxygen atoms in total. The number of anilines is 1. The highest BCUT2D eigenvalue weighted by atomic mass is 79.9. The van der Waals surface area contributed by atoms with Crippen molar-refractivity contribution in [3.8, 4) is 5.75 Å². The van der Waals surface area contributed by atoms with Crippen LogP contribution in [0, 0.1) is 20.8 Å². The lowest BCUT2D eigenvalue weighted by Gasteiger charge is -2.10. The molecule has 0 aliphatic heterocycles. The van der Waals surface area contributed by atoms with Crippen molar-refractivity contribution in [1.29, 1.82) is 0 Å². The zero-order chi connectivity index (χ0) is 19.1. The van der Waals surface area contributed by atoms with Crippen LogP contribution in [0.3, 0.4) is 0 Å². The van der Waals surface area contributed by atoms with Crippen LogP contribution in [0.1, 0.15) is 23.1 Å². The van der Waals surface area contributed by atoms with Crippen molar-refractivity contribution >= 4 is 33.4 Å². The molecule has 0 aromatic heterocycles. The molecule has 2 amide bonds. The Morgan fingerprint density at radius 3 is 2.35 bits per heavy atom. The molecule has 0 spiro atoms. The largest absolute Gasteiger partial charge is 0.493 e. The maximum atomic E-state index is 12.0. The molecule has 0 heterocycles. The molecule has 2 aromatic carbocycles. The smallest absolute Gasteiger partial charge is 0.243 e. The molecule has 138 valence electrons. The Morgan fingerprint density at radius 2 is 1.69 bits per heavy atom. The first kappa shape index (κ1) is 20.0. The number of benzene rings is 2. The number of hydrogen-bond donors (Lipinski definition) is 2. The minimum Gasteiger partial charge on any atom is -0.493 e. The van der Waals surface area contributed by atoms with Crippen molar-refractivity contribution in [2.75, 3.05) is 18.5 Å². The zero-order valence-corrected chi connectivity index (χ0v) is 16.8. The standard InChI is InChI=1S/C20H23BrN2O3/c1-13-8-14(2)10-17(9-13)26-7-6-19(24)22-12-20(25)23-18-5-4-16(21)11-15(18)3/h4-5,8-11H,6-7,12H2,1-3H3,(H,22,24)(H,23,25). The normalized spacial score (nSPS) is 10.3. The fourth-order valence-corrected chi connectivity index (χ4v) is 2.98. The number of rotatable bonds is 7. The van der Waals surface area contributed by atoms with Gasteiger partial charge in [-0.15, -0.1) is 0 Å². The van der Waals surface area contributed by atoms with Crippen molar-refractivity contribution in [2.45, 2.75) is 27.2 Å². The first-order valence-electron chi connectivity index (χ1n) is 8.37. The maximum Gasteiger partial charge on any atom is 0.243 e. The van der Waals surface area contributed by atoms with E-state index in [2.05, 4.69) is 32.6 Å². The van der Waals surface area contributed by atoms with E-state index in [0.29, 0.717) is 0 Å². The molecular weight excluding hydrogens is 396 g/mol. The van der Waals surface area contributed by atoms with Crippen LogP contribution in [0.4, 0.5) is 5.69 Å². The summed E-state index contributed by atoms with van der Waals surface area (Å²) < 4.78 is 6.55. The average molecular weight is 419 g/mol. The van der Waals surface area contributed by atoms with Gasteiger partial charge < -0.3 is 15.4 Å². The van der Waals surface area contributed by atoms with Crippen LogP contribution in [0.15, 0.2) is 40.9 Å². The van der Waals surface area contributed by atoms with Gasteiger partial charge in [-0.1, -0.05) is 22.0 Å². The Balaban J connectivity index is 1.71. The van der Waals surface area contributed by atoms with Gasteiger partial charge in [-0.3, -0.25) is 9.59 Å². The Morgan fingerprint density at radius 1 is 1.00 bits per heavy atom. The summed E-state index contributed by atoms with van der Waals surface area (Å²) in [7, 11) is 0. The predicted molar refractivity (Wildman–Crippen MR) is 107 cm³/mol. The van der Waals surface area contributed by atoms with Crippen molar-refractivity contribution in [1.82, 2.24) is 5.32 Å². The second-order valence-electron chi connectivity index (χ2n) is 6.21. The van der Waals surface area contributed by atoms with Gasteiger partial charge in [0, 0.05) is 10.2 Å². The Kier molecular flexibility index (Phi) is 7.21. The SMILES string of the molecule is Cc1cc(C)cc(OCCC(=O)NCC(=O)Nc2ccc(Br)cc2C)c1. The van der Waals surface area contributed by atoms with Gasteiger partial charge in [-0.25, -0.2) is 0 Å². The highest BCUT2D eigenvalue weighted by molar-refractivity contribution is 9.10. The summed E-state index contributed by atoms with van der Waals surface area (Å²) in [5, 5.41) is 5.38. The van der Waals surface area contributed by atoms with E-state index in [1.54, 1.807) is 0 Å². The molecule has 0 saturated carbocycles. The van der Waals surface area contributed by atoms with Crippen LogP contribution in [-0.4, -0.2) is 25.0 Å². The first-order chi connectivity index (χ1) is 12.3. The quantitative estimate of drug-likeness (QED) is 0.716. The molecule has 0 aliphatic rings. The third kappa shape index (κ3) is 6.52. The number of halogens is 1. The number of carbonyl (C=O) groups excluding carboxylic acids is 2. The summed E-state index contributed by atoms with van der Waals surface area (Å²) in [5.74, 6) is 0.259. The van der Waals surface area contributed by atoms with E-state index < -0.39 is 0 Å². The van der Waals surface area contributed by atoms with Crippen LogP contribution in [0.5, 0.6) is 5.75 Å². The molecule has 0 aliphatic carbocycles. The topological polar surface area (TPSA) is 67.4 Å². The molecule has 0 unspecified atom stereocenters. The average Bonchev–Trinajstić information content (AvgIpc) is 2.55. The minimum absolute atomic E-state index is 0.0715. The molecule has 2 aromatic rings. The van der Waals surface area contributed by atoms with E-state index in [9.17, 15) is 9.59 Å². The van der Waals surface area contributed by atoms with Crippen LogP contribution in [0.2, 0.25) is 0 Å². The third-order valence-corrected chi connectivity index (χ3v) is 4.19. The summed E-state index contributed by atoms with van der Waals surface area (Å²) in [6.45, 7) is 6.10. The van der Waals surface area contributed by atoms with Gasteiger partial charge >= 0.3 is 0 Å². The zero-order valence-electron chi connectivity index (χ0n) is 15.2. The molecule has 26 heavy (non-hydrogen) atoms. The molecule has 2 N–H and O–H groups in total. The second-order valence-corrected chi connectivity index (χ2v) is 7.12. The summed E-state index contributed by atoms with van der Waals surface area (Å²) >= 11 is 3.38. The summed E-state index contributed by atoms with van der Waals surface area (Å²) in [6, 6.07) is 11.5. The van der Waals surface area contributed by atoms with Gasteiger partial charge in [0.25, 0.3) is 0 Å². The fourth-order valence-electron chi connectivity index (χ4n) is 2.51. The van der Waals surface area contributed by atoms with Crippen molar-refractivity contribution in [3.05, 3.63) is 57.6 Å². The molecular formula is C20H23BrN2O3. The van der Waals surface area contributed by atoms with E-state index in [0.717, 1.165) is 32.6 Å². The highest BCUT2D eigenvalue weighted by Crippen LogP contribution is 2.19. The molecule has 0 fully saturated rings. The highest BCUT2D eigenvalue weighted by Gasteiger charge is 2.08. The number of nitrogens with one attached hydrogen (secondary N) is 2. The lowest BCUT2D eigenvalue weighted by molar-refractivity contribution is -0.124. The van der Waals surface area contributed by atoms with Gasteiger partial charge in [0.2, 0.25) is 11.8 Å². The van der Waals surface area contributed by atoms with Gasteiger partial charge in [0.15, 0.2) is 0 Å². The van der Waals surface area contributed by atoms with Gasteiger partial charge in [-0.05, 0) is 67.8 Å². The van der Waals surface area contributed by atoms with E-state index in [-0.39, 0.29) is 31.4 Å². The van der Waals surface area contributed by atoms with E-state index in [1.165, 1.54) is 0 Å². The van der Waals surface area contributed by atoms with Crippen LogP contribution in [-0.2, 0) is 9.59 Å². The number of hydrogen-bond acceptors (Lipinski definition) is 3. The summed E-state index contributed by atoms with van der Waals surface area (Å²) in [6.07, 6.45) is 0.192. The molecule has 0 atom stereocenters. The van der Waals surface area contributed by atoms with Crippen molar-refractivity contribution in [2.24, 2.45) is 0 Å². The fraction of sp³-hybridized carbons (Fsp3) is 0.300. The molecule has 6 heteroatoms. The Bertz CT molecular complexity index is 785. The molecule has 0 radical (unpaired) electrons. The molecule has 2 rings (SSSR count). The lowest BCUT2D eigenvalue weighted by atomic mass is 10.1. The molecule has 0 saturated heterocycles. The van der Waals surface area contributed by atoms with E-state index >= 15 is 0 Å². The summed E-state index contributed by atoms with van der Waals surface area (Å²) in [4.78, 5) is 23.8. The number of amides is 2. The predicted octanol–water partition coefficient (Wildman–Crippen LogP) is 3.90. The first-order valence-corrected chi connectivity index (χ1v) is 9.16. The maximum absolute atomic E-state index is 12.0. The van der Waals surface area contributed by atoms with Crippen molar-refractivity contribution < 1.29 is 14.3 Å². The Labute approximate surface area is 162 Å². The van der Waals surface area contributed by atoms with E-state index in [4.69, 9.17) is 4.74 Å². The monoisotopic (exact) mass is 418 g/mol. The number of ether oxygens (including phenoxy) is 1.